The fourth-order valence-corrected chi connectivity index (χ4v) is 2.36. The Morgan fingerprint density at radius 3 is 2.48 bits per heavy atom. The number of anilines is 1. The molecular weight excluding hydrogens is 294 g/mol. The van der Waals surface area contributed by atoms with Crippen molar-refractivity contribution >= 4 is 23.5 Å². The standard InChI is InChI=1S/C12H13N5O3S/c1-6-3-7(2)14-12(13-6)21-5-10(19)15-8-4-9(18)17-11(20)16-8/h3-4H,5H2,1-2H3,(H3,15,16,17,18,19,20). The zero-order valence-corrected chi connectivity index (χ0v) is 12.2. The molecule has 21 heavy (non-hydrogen) atoms. The molecule has 0 atom stereocenters. The molecule has 1 amide bonds. The highest BCUT2D eigenvalue weighted by Gasteiger charge is 2.07. The van der Waals surface area contributed by atoms with E-state index < -0.39 is 11.2 Å². The van der Waals surface area contributed by atoms with Gasteiger partial charge in [-0.1, -0.05) is 11.8 Å². The van der Waals surface area contributed by atoms with Crippen LogP contribution in [0.25, 0.3) is 0 Å². The topological polar surface area (TPSA) is 121 Å². The molecule has 0 fully saturated rings. The summed E-state index contributed by atoms with van der Waals surface area (Å²) in [6.45, 7) is 3.69. The van der Waals surface area contributed by atoms with Gasteiger partial charge >= 0.3 is 5.69 Å². The predicted octanol–water partition coefficient (Wildman–Crippen LogP) is 0.201. The van der Waals surface area contributed by atoms with Gasteiger partial charge in [-0.2, -0.15) is 0 Å². The number of rotatable bonds is 4. The van der Waals surface area contributed by atoms with Crippen molar-refractivity contribution in [3.05, 3.63) is 44.4 Å². The van der Waals surface area contributed by atoms with E-state index in [1.807, 2.05) is 24.9 Å². The lowest BCUT2D eigenvalue weighted by molar-refractivity contribution is -0.113. The Balaban J connectivity index is 1.98. The monoisotopic (exact) mass is 307 g/mol. The van der Waals surface area contributed by atoms with Crippen molar-refractivity contribution in [1.82, 2.24) is 19.9 Å². The van der Waals surface area contributed by atoms with Crippen molar-refractivity contribution in [2.45, 2.75) is 19.0 Å². The van der Waals surface area contributed by atoms with Gasteiger partial charge in [-0.3, -0.25) is 19.6 Å². The van der Waals surface area contributed by atoms with Gasteiger partial charge in [-0.15, -0.1) is 0 Å². The second-order valence-corrected chi connectivity index (χ2v) is 5.21. The van der Waals surface area contributed by atoms with Crippen LogP contribution in [0.15, 0.2) is 26.9 Å². The van der Waals surface area contributed by atoms with Crippen molar-refractivity contribution in [2.75, 3.05) is 11.1 Å². The van der Waals surface area contributed by atoms with Gasteiger partial charge in [0.25, 0.3) is 5.56 Å². The fraction of sp³-hybridized carbons (Fsp3) is 0.250. The third-order valence-corrected chi connectivity index (χ3v) is 3.18. The molecule has 0 radical (unpaired) electrons. The molecule has 2 rings (SSSR count). The van der Waals surface area contributed by atoms with Crippen molar-refractivity contribution in [3.8, 4) is 0 Å². The van der Waals surface area contributed by atoms with Gasteiger partial charge in [0.05, 0.1) is 5.75 Å². The van der Waals surface area contributed by atoms with Gasteiger partial charge < -0.3 is 5.32 Å². The Morgan fingerprint density at radius 1 is 1.19 bits per heavy atom. The summed E-state index contributed by atoms with van der Waals surface area (Å²) in [6, 6.07) is 2.93. The van der Waals surface area contributed by atoms with Gasteiger partial charge in [0.2, 0.25) is 5.91 Å². The van der Waals surface area contributed by atoms with E-state index in [1.165, 1.54) is 11.8 Å². The van der Waals surface area contributed by atoms with Crippen LogP contribution in [0.5, 0.6) is 0 Å². The number of thioether (sulfide) groups is 1. The minimum Gasteiger partial charge on any atom is -0.311 e. The summed E-state index contributed by atoms with van der Waals surface area (Å²) in [5.74, 6) is -0.253. The van der Waals surface area contributed by atoms with Crippen LogP contribution in [0.1, 0.15) is 11.4 Å². The summed E-state index contributed by atoms with van der Waals surface area (Å²) in [4.78, 5) is 46.6. The average molecular weight is 307 g/mol. The number of nitrogens with zero attached hydrogens (tertiary/aromatic N) is 2. The Bertz CT molecular complexity index is 734. The third-order valence-electron chi connectivity index (χ3n) is 2.33. The first-order valence-electron chi connectivity index (χ1n) is 6.01. The molecule has 0 spiro atoms. The van der Waals surface area contributed by atoms with Crippen molar-refractivity contribution in [1.29, 1.82) is 0 Å². The fourth-order valence-electron chi connectivity index (χ4n) is 1.61. The number of aromatic nitrogens is 4. The number of aromatic amines is 2. The number of hydrogen-bond donors (Lipinski definition) is 3. The second-order valence-electron chi connectivity index (χ2n) is 4.27. The number of hydrogen-bond acceptors (Lipinski definition) is 6. The van der Waals surface area contributed by atoms with E-state index in [4.69, 9.17) is 0 Å². The van der Waals surface area contributed by atoms with Gasteiger partial charge in [0.1, 0.15) is 5.82 Å². The van der Waals surface area contributed by atoms with E-state index in [1.54, 1.807) is 0 Å². The van der Waals surface area contributed by atoms with E-state index in [2.05, 4.69) is 20.3 Å². The Kier molecular flexibility index (Phi) is 4.53. The molecule has 0 aromatic carbocycles. The first-order valence-corrected chi connectivity index (χ1v) is 6.99. The zero-order valence-electron chi connectivity index (χ0n) is 11.4. The summed E-state index contributed by atoms with van der Waals surface area (Å²) >= 11 is 1.17. The van der Waals surface area contributed by atoms with Crippen molar-refractivity contribution < 1.29 is 4.79 Å². The van der Waals surface area contributed by atoms with Crippen LogP contribution in [0.2, 0.25) is 0 Å². The van der Waals surface area contributed by atoms with Gasteiger partial charge in [0, 0.05) is 17.5 Å². The molecule has 3 N–H and O–H groups in total. The summed E-state index contributed by atoms with van der Waals surface area (Å²) in [5.41, 5.74) is 0.385. The highest BCUT2D eigenvalue weighted by molar-refractivity contribution is 7.99. The van der Waals surface area contributed by atoms with Crippen molar-refractivity contribution in [2.24, 2.45) is 0 Å². The maximum atomic E-state index is 11.8. The quantitative estimate of drug-likeness (QED) is 0.548. The van der Waals surface area contributed by atoms with Crippen LogP contribution in [0.3, 0.4) is 0 Å². The number of carbonyl (C=O) groups excluding carboxylic acids is 1. The molecule has 0 saturated heterocycles. The molecule has 110 valence electrons. The number of H-pyrrole nitrogens is 2. The lowest BCUT2D eigenvalue weighted by Gasteiger charge is -2.04. The lowest BCUT2D eigenvalue weighted by Crippen LogP contribution is -2.25. The van der Waals surface area contributed by atoms with E-state index in [-0.39, 0.29) is 17.5 Å². The molecular formula is C12H13N5O3S. The normalized spacial score (nSPS) is 10.4. The SMILES string of the molecule is Cc1cc(C)nc(SCC(=O)Nc2cc(=O)[nH]c(=O)[nH]2)n1. The largest absolute Gasteiger partial charge is 0.327 e. The average Bonchev–Trinajstić information content (AvgIpc) is 2.34. The van der Waals surface area contributed by atoms with Gasteiger partial charge in [-0.25, -0.2) is 14.8 Å². The van der Waals surface area contributed by atoms with Crippen LogP contribution in [-0.2, 0) is 4.79 Å². The molecule has 9 heteroatoms. The molecule has 2 aromatic rings. The smallest absolute Gasteiger partial charge is 0.311 e. The molecule has 0 unspecified atom stereocenters. The van der Waals surface area contributed by atoms with Crippen molar-refractivity contribution in [3.63, 3.8) is 0 Å². The van der Waals surface area contributed by atoms with Crippen LogP contribution in [0, 0.1) is 13.8 Å². The molecule has 0 aliphatic carbocycles. The third kappa shape index (κ3) is 4.56. The molecule has 0 bridgehead atoms. The lowest BCUT2D eigenvalue weighted by atomic mass is 10.4. The zero-order chi connectivity index (χ0) is 15.4. The van der Waals surface area contributed by atoms with E-state index in [0.717, 1.165) is 17.5 Å². The highest BCUT2D eigenvalue weighted by Crippen LogP contribution is 2.14. The minimum absolute atomic E-state index is 0.0516. The van der Waals surface area contributed by atoms with E-state index in [0.29, 0.717) is 5.16 Å². The number of amides is 1. The first kappa shape index (κ1) is 15.0. The Morgan fingerprint density at radius 2 is 1.86 bits per heavy atom. The minimum atomic E-state index is -0.678. The Labute approximate surface area is 123 Å². The second kappa shape index (κ2) is 6.35. The van der Waals surface area contributed by atoms with E-state index >= 15 is 0 Å². The maximum Gasteiger partial charge on any atom is 0.327 e. The van der Waals surface area contributed by atoms with E-state index in [9.17, 15) is 14.4 Å². The summed E-state index contributed by atoms with van der Waals surface area (Å²) in [5, 5.41) is 2.93. The number of nitrogens with one attached hydrogen (secondary N) is 3. The molecule has 2 heterocycles. The number of carbonyl (C=O) groups is 1. The predicted molar refractivity (Wildman–Crippen MR) is 78.5 cm³/mol. The van der Waals surface area contributed by atoms with Crippen LogP contribution < -0.4 is 16.6 Å². The summed E-state index contributed by atoms with van der Waals surface area (Å²) < 4.78 is 0. The number of aryl methyl sites for hydroxylation is 2. The highest BCUT2D eigenvalue weighted by atomic mass is 32.2. The van der Waals surface area contributed by atoms with Gasteiger partial charge in [0.15, 0.2) is 5.16 Å². The molecule has 8 nitrogen and oxygen atoms in total. The molecule has 0 saturated carbocycles. The van der Waals surface area contributed by atoms with Crippen LogP contribution >= 0.6 is 11.8 Å². The van der Waals surface area contributed by atoms with Crippen LogP contribution in [0.4, 0.5) is 5.82 Å². The maximum absolute atomic E-state index is 11.8. The molecule has 2 aromatic heterocycles. The Hall–Kier alpha value is -2.42. The van der Waals surface area contributed by atoms with Gasteiger partial charge in [-0.05, 0) is 19.9 Å². The molecule has 0 aliphatic heterocycles. The first-order chi connectivity index (χ1) is 9.92. The molecule has 0 aliphatic rings. The van der Waals surface area contributed by atoms with Crippen LogP contribution in [-0.4, -0.2) is 31.6 Å². The summed E-state index contributed by atoms with van der Waals surface area (Å²) in [7, 11) is 0. The summed E-state index contributed by atoms with van der Waals surface area (Å²) in [6.07, 6.45) is 0.